The molecule has 1 fully saturated rings. The fourth-order valence-electron chi connectivity index (χ4n) is 2.90. The van der Waals surface area contributed by atoms with E-state index in [-0.39, 0.29) is 23.2 Å². The van der Waals surface area contributed by atoms with E-state index in [1.165, 1.54) is 0 Å². The summed E-state index contributed by atoms with van der Waals surface area (Å²) in [6.07, 6.45) is 2.38. The summed E-state index contributed by atoms with van der Waals surface area (Å²) in [6.45, 7) is 7.10. The Balaban J connectivity index is 1.69. The van der Waals surface area contributed by atoms with Gasteiger partial charge in [-0.25, -0.2) is 4.79 Å². The molecular formula is C20H26O7. The molecule has 148 valence electrons. The van der Waals surface area contributed by atoms with Gasteiger partial charge in [-0.05, 0) is 38.5 Å². The van der Waals surface area contributed by atoms with Gasteiger partial charge in [0.25, 0.3) is 0 Å². The van der Waals surface area contributed by atoms with Gasteiger partial charge in [0.2, 0.25) is 5.75 Å². The number of fused-ring (bicyclic) bond motifs is 1. The molecule has 1 atom stereocenters. The summed E-state index contributed by atoms with van der Waals surface area (Å²) < 4.78 is 27.7. The summed E-state index contributed by atoms with van der Waals surface area (Å²) in [4.78, 5) is 12.0. The molecule has 1 aliphatic rings. The molecule has 0 saturated carbocycles. The van der Waals surface area contributed by atoms with Crippen LogP contribution in [0.25, 0.3) is 11.0 Å². The molecule has 1 saturated heterocycles. The van der Waals surface area contributed by atoms with Crippen LogP contribution >= 0.6 is 0 Å². The van der Waals surface area contributed by atoms with E-state index in [1.54, 1.807) is 18.2 Å². The molecular weight excluding hydrogens is 352 g/mol. The van der Waals surface area contributed by atoms with Crippen LogP contribution in [-0.4, -0.2) is 36.8 Å². The highest BCUT2D eigenvalue weighted by molar-refractivity contribution is 5.86. The predicted octanol–water partition coefficient (Wildman–Crippen LogP) is 3.60. The number of rotatable bonds is 8. The van der Waals surface area contributed by atoms with Gasteiger partial charge in [0.1, 0.15) is 11.3 Å². The molecule has 0 radical (unpaired) electrons. The zero-order chi connectivity index (χ0) is 19.4. The van der Waals surface area contributed by atoms with Gasteiger partial charge in [0.05, 0.1) is 31.3 Å². The SMILES string of the molecule is CCCCOc1c(O)c2cc(OCCC3COC(C)(C)O3)ccc2oc1=O. The topological polar surface area (TPSA) is 87.4 Å². The van der Waals surface area contributed by atoms with Crippen LogP contribution < -0.4 is 15.1 Å². The first-order chi connectivity index (χ1) is 12.9. The Bertz CT molecular complexity index is 840. The van der Waals surface area contributed by atoms with E-state index in [0.29, 0.717) is 37.4 Å². The van der Waals surface area contributed by atoms with E-state index in [9.17, 15) is 9.90 Å². The number of hydrogen-bond acceptors (Lipinski definition) is 7. The van der Waals surface area contributed by atoms with E-state index in [1.807, 2.05) is 20.8 Å². The predicted molar refractivity (Wildman–Crippen MR) is 99.6 cm³/mol. The molecule has 2 heterocycles. The maximum absolute atomic E-state index is 12.0. The Morgan fingerprint density at radius 1 is 1.26 bits per heavy atom. The maximum atomic E-state index is 12.0. The van der Waals surface area contributed by atoms with Crippen molar-refractivity contribution in [3.63, 3.8) is 0 Å². The molecule has 2 aromatic rings. The monoisotopic (exact) mass is 378 g/mol. The second-order valence-electron chi connectivity index (χ2n) is 7.02. The van der Waals surface area contributed by atoms with Crippen LogP contribution in [0, 0.1) is 0 Å². The first-order valence-corrected chi connectivity index (χ1v) is 9.27. The van der Waals surface area contributed by atoms with E-state index in [0.717, 1.165) is 12.8 Å². The van der Waals surface area contributed by atoms with Crippen LogP contribution in [0.15, 0.2) is 27.4 Å². The van der Waals surface area contributed by atoms with Gasteiger partial charge in [0, 0.05) is 6.42 Å². The maximum Gasteiger partial charge on any atom is 0.383 e. The summed E-state index contributed by atoms with van der Waals surface area (Å²) in [5.41, 5.74) is -0.410. The molecule has 0 aliphatic carbocycles. The van der Waals surface area contributed by atoms with Crippen molar-refractivity contribution in [2.24, 2.45) is 0 Å². The Morgan fingerprint density at radius 2 is 2.07 bits per heavy atom. The van der Waals surface area contributed by atoms with Gasteiger partial charge < -0.3 is 28.5 Å². The third kappa shape index (κ3) is 4.73. The minimum absolute atomic E-state index is 0.00884. The Labute approximate surface area is 157 Å². The van der Waals surface area contributed by atoms with Crippen LogP contribution in [0.2, 0.25) is 0 Å². The van der Waals surface area contributed by atoms with Crippen molar-refractivity contribution in [1.29, 1.82) is 0 Å². The summed E-state index contributed by atoms with van der Waals surface area (Å²) in [6, 6.07) is 4.93. The van der Waals surface area contributed by atoms with Gasteiger partial charge in [-0.2, -0.15) is 0 Å². The quantitative estimate of drug-likeness (QED) is 0.555. The number of unbranched alkanes of at least 4 members (excludes halogenated alkanes) is 1. The molecule has 7 nitrogen and oxygen atoms in total. The highest BCUT2D eigenvalue weighted by Crippen LogP contribution is 2.34. The lowest BCUT2D eigenvalue weighted by molar-refractivity contribution is -0.139. The molecule has 1 unspecified atom stereocenters. The van der Waals surface area contributed by atoms with Crippen molar-refractivity contribution in [3.05, 3.63) is 28.6 Å². The van der Waals surface area contributed by atoms with Crippen molar-refractivity contribution in [3.8, 4) is 17.2 Å². The van der Waals surface area contributed by atoms with Crippen molar-refractivity contribution in [2.75, 3.05) is 19.8 Å². The van der Waals surface area contributed by atoms with E-state index < -0.39 is 11.4 Å². The highest BCUT2D eigenvalue weighted by Gasteiger charge is 2.32. The molecule has 0 spiro atoms. The standard InChI is InChI=1S/C20H26O7/c1-4-5-9-24-18-17(21)15-11-13(6-7-16(15)26-19(18)22)23-10-8-14-12-25-20(2,3)27-14/h6-7,11,14,21H,4-5,8-10,12H2,1-3H3. The van der Waals surface area contributed by atoms with Crippen LogP contribution in [0.1, 0.15) is 40.0 Å². The number of benzene rings is 1. The first kappa shape index (κ1) is 19.5. The molecule has 1 aliphatic heterocycles. The molecule has 1 aromatic carbocycles. The molecule has 0 amide bonds. The average molecular weight is 378 g/mol. The van der Waals surface area contributed by atoms with Crippen LogP contribution in [0.4, 0.5) is 0 Å². The number of aromatic hydroxyl groups is 1. The van der Waals surface area contributed by atoms with Gasteiger partial charge >= 0.3 is 5.63 Å². The minimum atomic E-state index is -0.689. The Morgan fingerprint density at radius 3 is 2.78 bits per heavy atom. The largest absolute Gasteiger partial charge is 0.504 e. The first-order valence-electron chi connectivity index (χ1n) is 9.27. The lowest BCUT2D eigenvalue weighted by Gasteiger charge is -2.17. The lowest BCUT2D eigenvalue weighted by Crippen LogP contribution is -2.22. The summed E-state index contributed by atoms with van der Waals surface area (Å²) in [5.74, 6) is -0.376. The number of hydrogen-bond donors (Lipinski definition) is 1. The Hall–Kier alpha value is -2.25. The molecule has 3 rings (SSSR count). The van der Waals surface area contributed by atoms with E-state index >= 15 is 0 Å². The summed E-state index contributed by atoms with van der Waals surface area (Å²) in [7, 11) is 0. The average Bonchev–Trinajstić information content (AvgIpc) is 2.97. The van der Waals surface area contributed by atoms with Crippen LogP contribution in [0.5, 0.6) is 17.2 Å². The second-order valence-corrected chi connectivity index (χ2v) is 7.02. The number of ether oxygens (including phenoxy) is 4. The molecule has 1 aromatic heterocycles. The fourth-order valence-corrected chi connectivity index (χ4v) is 2.90. The van der Waals surface area contributed by atoms with Crippen molar-refractivity contribution in [2.45, 2.75) is 51.9 Å². The van der Waals surface area contributed by atoms with Gasteiger partial charge in [-0.3, -0.25) is 0 Å². The zero-order valence-corrected chi connectivity index (χ0v) is 15.9. The van der Waals surface area contributed by atoms with Crippen molar-refractivity contribution in [1.82, 2.24) is 0 Å². The van der Waals surface area contributed by atoms with Crippen LogP contribution in [0.3, 0.4) is 0 Å². The Kier molecular flexibility index (Phi) is 5.92. The van der Waals surface area contributed by atoms with Crippen LogP contribution in [-0.2, 0) is 9.47 Å². The third-order valence-electron chi connectivity index (χ3n) is 4.33. The fraction of sp³-hybridized carbons (Fsp3) is 0.550. The molecule has 1 N–H and O–H groups in total. The van der Waals surface area contributed by atoms with Gasteiger partial charge in [-0.15, -0.1) is 0 Å². The van der Waals surface area contributed by atoms with Crippen molar-refractivity contribution < 1.29 is 28.5 Å². The third-order valence-corrected chi connectivity index (χ3v) is 4.33. The van der Waals surface area contributed by atoms with Gasteiger partial charge in [-0.1, -0.05) is 13.3 Å². The summed E-state index contributed by atoms with van der Waals surface area (Å²) >= 11 is 0. The zero-order valence-electron chi connectivity index (χ0n) is 15.9. The van der Waals surface area contributed by atoms with Gasteiger partial charge in [0.15, 0.2) is 11.5 Å². The molecule has 7 heteroatoms. The minimum Gasteiger partial charge on any atom is -0.504 e. The molecule has 0 bridgehead atoms. The summed E-state index contributed by atoms with van der Waals surface area (Å²) in [5, 5.41) is 10.8. The van der Waals surface area contributed by atoms with E-state index in [4.69, 9.17) is 23.4 Å². The second kappa shape index (κ2) is 8.19. The van der Waals surface area contributed by atoms with E-state index in [2.05, 4.69) is 0 Å². The highest BCUT2D eigenvalue weighted by atomic mass is 16.7. The molecule has 27 heavy (non-hydrogen) atoms. The van der Waals surface area contributed by atoms with Crippen molar-refractivity contribution >= 4 is 11.0 Å². The normalized spacial score (nSPS) is 18.7. The smallest absolute Gasteiger partial charge is 0.383 e. The lowest BCUT2D eigenvalue weighted by atomic mass is 10.2.